The summed E-state index contributed by atoms with van der Waals surface area (Å²) in [5.41, 5.74) is 1.14. The number of benzene rings is 2. The summed E-state index contributed by atoms with van der Waals surface area (Å²) in [6.07, 6.45) is 3.14. The van der Waals surface area contributed by atoms with Gasteiger partial charge in [-0.15, -0.1) is 0 Å². The number of nitrogens with zero attached hydrogens (tertiary/aromatic N) is 1. The van der Waals surface area contributed by atoms with Crippen molar-refractivity contribution in [2.24, 2.45) is 0 Å². The van der Waals surface area contributed by atoms with E-state index in [0.717, 1.165) is 4.47 Å². The molecule has 1 heterocycles. The number of thiocarbonyl (C=S) groups is 1. The third kappa shape index (κ3) is 4.77. The molecule has 0 radical (unpaired) electrons. The Morgan fingerprint density at radius 2 is 1.87 bits per heavy atom. The van der Waals surface area contributed by atoms with E-state index in [9.17, 15) is 9.59 Å². The van der Waals surface area contributed by atoms with Crippen LogP contribution in [0.5, 0.6) is 11.5 Å². The van der Waals surface area contributed by atoms with Crippen molar-refractivity contribution < 1.29 is 19.1 Å². The molecule has 1 aliphatic rings. The number of anilines is 1. The Morgan fingerprint density at radius 1 is 1.13 bits per heavy atom. The van der Waals surface area contributed by atoms with Crippen LogP contribution in [-0.4, -0.2) is 30.1 Å². The monoisotopic (exact) mass is 486 g/mol. The van der Waals surface area contributed by atoms with Crippen molar-refractivity contribution in [3.8, 4) is 11.5 Å². The van der Waals surface area contributed by atoms with E-state index in [1.165, 1.54) is 11.0 Å². The summed E-state index contributed by atoms with van der Waals surface area (Å²) < 4.78 is 12.1. The SMILES string of the molecule is C=CCOc1ccc(/C=C2\C(=O)NC(=S)N(c3ccc(Br)cc3)C2=O)cc1OCC. The van der Waals surface area contributed by atoms with E-state index in [-0.39, 0.29) is 10.7 Å². The van der Waals surface area contributed by atoms with Crippen molar-refractivity contribution in [1.82, 2.24) is 5.32 Å². The maximum Gasteiger partial charge on any atom is 0.270 e. The average Bonchev–Trinajstić information content (AvgIpc) is 2.72. The van der Waals surface area contributed by atoms with E-state index < -0.39 is 11.8 Å². The molecule has 0 spiro atoms. The van der Waals surface area contributed by atoms with Crippen molar-refractivity contribution in [3.63, 3.8) is 0 Å². The minimum Gasteiger partial charge on any atom is -0.490 e. The topological polar surface area (TPSA) is 67.9 Å². The highest BCUT2D eigenvalue weighted by molar-refractivity contribution is 9.10. The second kappa shape index (κ2) is 9.69. The molecule has 0 saturated carbocycles. The average molecular weight is 487 g/mol. The summed E-state index contributed by atoms with van der Waals surface area (Å²) in [7, 11) is 0. The Balaban J connectivity index is 1.96. The Hall–Kier alpha value is -2.97. The first-order valence-electron chi connectivity index (χ1n) is 9.12. The van der Waals surface area contributed by atoms with Crippen LogP contribution in [0.4, 0.5) is 5.69 Å². The standard InChI is InChI=1S/C22H19BrN2O4S/c1-3-11-29-18-10-5-14(13-19(18)28-4-2)12-17-20(26)24-22(30)25(21(17)27)16-8-6-15(23)7-9-16/h3,5-10,12-13H,1,4,11H2,2H3,(H,24,26,30)/b17-12+. The van der Waals surface area contributed by atoms with E-state index >= 15 is 0 Å². The van der Waals surface area contributed by atoms with E-state index in [4.69, 9.17) is 21.7 Å². The highest BCUT2D eigenvalue weighted by Crippen LogP contribution is 2.30. The molecule has 30 heavy (non-hydrogen) atoms. The molecule has 0 unspecified atom stereocenters. The molecular formula is C22H19BrN2O4S. The largest absolute Gasteiger partial charge is 0.490 e. The second-order valence-electron chi connectivity index (χ2n) is 6.17. The van der Waals surface area contributed by atoms with Crippen molar-refractivity contribution in [2.75, 3.05) is 18.1 Å². The molecule has 0 bridgehead atoms. The van der Waals surface area contributed by atoms with Crippen LogP contribution in [0.1, 0.15) is 12.5 Å². The van der Waals surface area contributed by atoms with Crippen molar-refractivity contribution in [2.45, 2.75) is 6.92 Å². The fourth-order valence-electron chi connectivity index (χ4n) is 2.80. The molecule has 154 valence electrons. The lowest BCUT2D eigenvalue weighted by Gasteiger charge is -2.29. The van der Waals surface area contributed by atoms with Gasteiger partial charge >= 0.3 is 0 Å². The highest BCUT2D eigenvalue weighted by Gasteiger charge is 2.34. The van der Waals surface area contributed by atoms with Crippen molar-refractivity contribution >= 4 is 56.8 Å². The zero-order valence-electron chi connectivity index (χ0n) is 16.2. The minimum absolute atomic E-state index is 0.0336. The molecule has 2 aromatic rings. The Bertz CT molecular complexity index is 1030. The highest BCUT2D eigenvalue weighted by atomic mass is 79.9. The van der Waals surface area contributed by atoms with E-state index in [1.54, 1.807) is 48.5 Å². The fraction of sp³-hybridized carbons (Fsp3) is 0.136. The summed E-state index contributed by atoms with van der Waals surface area (Å²) in [5.74, 6) is 0.00737. The Kier molecular flexibility index (Phi) is 7.02. The lowest BCUT2D eigenvalue weighted by molar-refractivity contribution is -0.122. The molecule has 0 aromatic heterocycles. The summed E-state index contributed by atoms with van der Waals surface area (Å²) in [6, 6.07) is 12.2. The van der Waals surface area contributed by atoms with Gasteiger partial charge in [-0.05, 0) is 67.2 Å². The molecule has 0 atom stereocenters. The molecule has 6 nitrogen and oxygen atoms in total. The van der Waals surface area contributed by atoms with Gasteiger partial charge in [0, 0.05) is 4.47 Å². The van der Waals surface area contributed by atoms with Crippen LogP contribution in [0, 0.1) is 0 Å². The third-order valence-electron chi connectivity index (χ3n) is 4.12. The number of carbonyl (C=O) groups is 2. The first-order valence-corrected chi connectivity index (χ1v) is 10.3. The predicted molar refractivity (Wildman–Crippen MR) is 124 cm³/mol. The van der Waals surface area contributed by atoms with Crippen LogP contribution in [0.3, 0.4) is 0 Å². The van der Waals surface area contributed by atoms with Crippen LogP contribution < -0.4 is 19.7 Å². The van der Waals surface area contributed by atoms with Gasteiger partial charge in [0.15, 0.2) is 16.6 Å². The molecule has 1 N–H and O–H groups in total. The van der Waals surface area contributed by atoms with Gasteiger partial charge in [0.25, 0.3) is 11.8 Å². The molecule has 1 fully saturated rings. The second-order valence-corrected chi connectivity index (χ2v) is 7.48. The summed E-state index contributed by atoms with van der Waals surface area (Å²) in [4.78, 5) is 26.9. The summed E-state index contributed by atoms with van der Waals surface area (Å²) in [6.45, 7) is 6.26. The van der Waals surface area contributed by atoms with Gasteiger partial charge in [-0.2, -0.15) is 0 Å². The van der Waals surface area contributed by atoms with Gasteiger partial charge in [-0.25, -0.2) is 0 Å². The molecule has 1 aliphatic heterocycles. The van der Waals surface area contributed by atoms with Gasteiger partial charge in [-0.1, -0.05) is 34.7 Å². The van der Waals surface area contributed by atoms with E-state index in [0.29, 0.717) is 36.0 Å². The maximum absolute atomic E-state index is 13.1. The van der Waals surface area contributed by atoms with Crippen LogP contribution in [0.15, 0.2) is 65.2 Å². The zero-order chi connectivity index (χ0) is 21.7. The van der Waals surface area contributed by atoms with Crippen LogP contribution in [0.25, 0.3) is 6.08 Å². The molecule has 3 rings (SSSR count). The maximum atomic E-state index is 13.1. The number of amides is 2. The molecule has 1 saturated heterocycles. The number of carbonyl (C=O) groups excluding carboxylic acids is 2. The fourth-order valence-corrected chi connectivity index (χ4v) is 3.34. The van der Waals surface area contributed by atoms with Gasteiger partial charge in [0.05, 0.1) is 12.3 Å². The first-order chi connectivity index (χ1) is 14.4. The van der Waals surface area contributed by atoms with Crippen molar-refractivity contribution in [1.29, 1.82) is 0 Å². The van der Waals surface area contributed by atoms with Gasteiger partial charge in [-0.3, -0.25) is 19.8 Å². The number of nitrogens with one attached hydrogen (secondary N) is 1. The number of rotatable bonds is 7. The number of ether oxygens (including phenoxy) is 2. The number of hydrogen-bond donors (Lipinski definition) is 1. The van der Waals surface area contributed by atoms with E-state index in [2.05, 4.69) is 27.8 Å². The Morgan fingerprint density at radius 3 is 2.53 bits per heavy atom. The summed E-state index contributed by atoms with van der Waals surface area (Å²) >= 11 is 8.58. The first kappa shape index (κ1) is 21.7. The Labute approximate surface area is 188 Å². The molecule has 2 aromatic carbocycles. The van der Waals surface area contributed by atoms with Crippen LogP contribution >= 0.6 is 28.1 Å². The lowest BCUT2D eigenvalue weighted by Crippen LogP contribution is -2.54. The smallest absolute Gasteiger partial charge is 0.270 e. The molecular weight excluding hydrogens is 468 g/mol. The molecule has 0 aliphatic carbocycles. The van der Waals surface area contributed by atoms with Crippen LogP contribution in [-0.2, 0) is 9.59 Å². The van der Waals surface area contributed by atoms with Crippen molar-refractivity contribution in [3.05, 3.63) is 70.7 Å². The van der Waals surface area contributed by atoms with Gasteiger partial charge < -0.3 is 9.47 Å². The molecule has 8 heteroatoms. The third-order valence-corrected chi connectivity index (χ3v) is 4.94. The quantitative estimate of drug-likeness (QED) is 0.274. The zero-order valence-corrected chi connectivity index (χ0v) is 18.6. The minimum atomic E-state index is -0.552. The number of hydrogen-bond acceptors (Lipinski definition) is 5. The summed E-state index contributed by atoms with van der Waals surface area (Å²) in [5, 5.41) is 2.61. The van der Waals surface area contributed by atoms with E-state index in [1.807, 2.05) is 6.92 Å². The lowest BCUT2D eigenvalue weighted by atomic mass is 10.1. The van der Waals surface area contributed by atoms with Gasteiger partial charge in [0.2, 0.25) is 0 Å². The predicted octanol–water partition coefficient (Wildman–Crippen LogP) is 4.24. The number of halogens is 1. The molecule has 2 amide bonds. The van der Waals surface area contributed by atoms with Crippen LogP contribution in [0.2, 0.25) is 0 Å². The van der Waals surface area contributed by atoms with Gasteiger partial charge in [0.1, 0.15) is 12.2 Å². The normalized spacial score (nSPS) is 15.2.